The lowest BCUT2D eigenvalue weighted by Crippen LogP contribution is -2.04. The molecule has 124 valence electrons. The molecular formula is C12H12F2N4O4S. The molecule has 11 heteroatoms. The summed E-state index contributed by atoms with van der Waals surface area (Å²) < 4.78 is 50.3. The van der Waals surface area contributed by atoms with Gasteiger partial charge in [-0.05, 0) is 19.9 Å². The Hall–Kier alpha value is -2.56. The van der Waals surface area contributed by atoms with Crippen molar-refractivity contribution in [2.75, 3.05) is 5.32 Å². The van der Waals surface area contributed by atoms with E-state index in [2.05, 4.69) is 10.4 Å². The third kappa shape index (κ3) is 3.13. The van der Waals surface area contributed by atoms with E-state index in [1.807, 2.05) is 0 Å². The number of anilines is 2. The Morgan fingerprint density at radius 3 is 2.35 bits per heavy atom. The first kappa shape index (κ1) is 16.8. The molecule has 0 bridgehead atoms. The number of halogens is 2. The Balaban J connectivity index is 2.65. The molecule has 0 saturated heterocycles. The average Bonchev–Trinajstić information content (AvgIpc) is 2.65. The van der Waals surface area contributed by atoms with Crippen molar-refractivity contribution < 1.29 is 21.6 Å². The first-order valence-corrected chi connectivity index (χ1v) is 7.60. The maximum absolute atomic E-state index is 14.1. The molecule has 1 aromatic heterocycles. The van der Waals surface area contributed by atoms with Crippen LogP contribution < -0.4 is 5.32 Å². The van der Waals surface area contributed by atoms with Gasteiger partial charge in [-0.25, -0.2) is 4.39 Å². The number of aromatic nitrogens is 2. The second kappa shape index (κ2) is 5.57. The summed E-state index contributed by atoms with van der Waals surface area (Å²) in [7, 11) is -3.64. The van der Waals surface area contributed by atoms with Gasteiger partial charge in [0.25, 0.3) is 5.69 Å². The lowest BCUT2D eigenvalue weighted by molar-refractivity contribution is -0.384. The standard InChI is InChI=1S/C12H12F2N4O4S/c1-6-11(7(2)17(3)16-6)15-12-9(13)4-8(23(14,21)22)5-10(12)18(19)20/h4-5,15H,1-3H3. The molecule has 0 unspecified atom stereocenters. The van der Waals surface area contributed by atoms with E-state index in [1.165, 1.54) is 4.68 Å². The number of nitrogens with zero attached hydrogens (tertiary/aromatic N) is 3. The van der Waals surface area contributed by atoms with Gasteiger partial charge in [0.05, 0.1) is 22.0 Å². The minimum absolute atomic E-state index is 0.338. The highest BCUT2D eigenvalue weighted by atomic mass is 32.3. The van der Waals surface area contributed by atoms with E-state index < -0.39 is 37.2 Å². The Kier molecular flexibility index (Phi) is 4.07. The largest absolute Gasteiger partial charge is 0.344 e. The zero-order chi connectivity index (χ0) is 17.5. The molecule has 0 amide bonds. The highest BCUT2D eigenvalue weighted by Gasteiger charge is 2.26. The number of nitro benzene ring substituents is 1. The molecule has 2 aromatic rings. The van der Waals surface area contributed by atoms with E-state index in [-0.39, 0.29) is 0 Å². The molecule has 0 aliphatic rings. The van der Waals surface area contributed by atoms with Crippen LogP contribution in [0.15, 0.2) is 17.0 Å². The predicted molar refractivity (Wildman–Crippen MR) is 77.3 cm³/mol. The quantitative estimate of drug-likeness (QED) is 0.518. The van der Waals surface area contributed by atoms with E-state index >= 15 is 0 Å². The maximum atomic E-state index is 14.1. The number of hydrogen-bond donors (Lipinski definition) is 1. The summed E-state index contributed by atoms with van der Waals surface area (Å²) >= 11 is 0. The van der Waals surface area contributed by atoms with Crippen molar-refractivity contribution >= 4 is 27.3 Å². The monoisotopic (exact) mass is 346 g/mol. The highest BCUT2D eigenvalue weighted by molar-refractivity contribution is 7.86. The number of benzene rings is 1. The SMILES string of the molecule is Cc1nn(C)c(C)c1Nc1c(F)cc(S(=O)(=O)F)cc1[N+](=O)[O-]. The number of hydrogen-bond acceptors (Lipinski definition) is 6. The van der Waals surface area contributed by atoms with Crippen LogP contribution in [0.3, 0.4) is 0 Å². The fourth-order valence-electron chi connectivity index (χ4n) is 2.06. The third-order valence-corrected chi connectivity index (χ3v) is 4.08. The molecular weight excluding hydrogens is 334 g/mol. The lowest BCUT2D eigenvalue weighted by Gasteiger charge is -2.09. The Bertz CT molecular complexity index is 908. The summed E-state index contributed by atoms with van der Waals surface area (Å²) in [6.07, 6.45) is 0. The molecule has 1 heterocycles. The van der Waals surface area contributed by atoms with E-state index in [0.29, 0.717) is 29.2 Å². The van der Waals surface area contributed by atoms with Crippen LogP contribution in [0.25, 0.3) is 0 Å². The van der Waals surface area contributed by atoms with Crippen molar-refractivity contribution in [2.24, 2.45) is 7.05 Å². The van der Waals surface area contributed by atoms with Gasteiger partial charge in [-0.3, -0.25) is 14.8 Å². The van der Waals surface area contributed by atoms with Crippen LogP contribution in [-0.4, -0.2) is 23.1 Å². The van der Waals surface area contributed by atoms with E-state index in [9.17, 15) is 26.8 Å². The van der Waals surface area contributed by atoms with Gasteiger partial charge < -0.3 is 5.32 Å². The number of aryl methyl sites for hydroxylation is 2. The molecule has 0 aliphatic carbocycles. The summed E-state index contributed by atoms with van der Waals surface area (Å²) in [5.74, 6) is -1.27. The molecule has 8 nitrogen and oxygen atoms in total. The van der Waals surface area contributed by atoms with Gasteiger partial charge in [0.15, 0.2) is 11.5 Å². The summed E-state index contributed by atoms with van der Waals surface area (Å²) in [5, 5.41) is 17.7. The van der Waals surface area contributed by atoms with Gasteiger partial charge in [0.2, 0.25) is 0 Å². The van der Waals surface area contributed by atoms with Crippen molar-refractivity contribution in [1.29, 1.82) is 0 Å². The number of nitrogens with one attached hydrogen (secondary N) is 1. The normalized spacial score (nSPS) is 11.5. The third-order valence-electron chi connectivity index (χ3n) is 3.28. The van der Waals surface area contributed by atoms with Crippen molar-refractivity contribution in [3.05, 3.63) is 39.5 Å². The molecule has 1 aromatic carbocycles. The van der Waals surface area contributed by atoms with Crippen molar-refractivity contribution in [2.45, 2.75) is 18.7 Å². The molecule has 23 heavy (non-hydrogen) atoms. The molecule has 0 fully saturated rings. The molecule has 1 N–H and O–H groups in total. The zero-order valence-electron chi connectivity index (χ0n) is 12.3. The number of rotatable bonds is 4. The van der Waals surface area contributed by atoms with Gasteiger partial charge >= 0.3 is 10.2 Å². The van der Waals surface area contributed by atoms with E-state index in [4.69, 9.17) is 0 Å². The second-order valence-electron chi connectivity index (χ2n) is 4.79. The molecule has 2 rings (SSSR count). The number of nitro groups is 1. The van der Waals surface area contributed by atoms with E-state index in [0.717, 1.165) is 0 Å². The van der Waals surface area contributed by atoms with Crippen LogP contribution in [-0.2, 0) is 17.3 Å². The average molecular weight is 346 g/mol. The second-order valence-corrected chi connectivity index (χ2v) is 6.14. The summed E-state index contributed by atoms with van der Waals surface area (Å²) in [4.78, 5) is 8.96. The molecule has 0 aliphatic heterocycles. The van der Waals surface area contributed by atoms with Gasteiger partial charge in [-0.1, -0.05) is 0 Å². The summed E-state index contributed by atoms with van der Waals surface area (Å²) in [5.41, 5.74) is -0.0879. The van der Waals surface area contributed by atoms with Crippen LogP contribution in [0.2, 0.25) is 0 Å². The van der Waals surface area contributed by atoms with Gasteiger partial charge in [0.1, 0.15) is 4.90 Å². The van der Waals surface area contributed by atoms with Crippen LogP contribution >= 0.6 is 0 Å². The van der Waals surface area contributed by atoms with Gasteiger partial charge in [-0.15, -0.1) is 3.89 Å². The first-order chi connectivity index (χ1) is 10.5. The van der Waals surface area contributed by atoms with Crippen LogP contribution in [0.5, 0.6) is 0 Å². The van der Waals surface area contributed by atoms with Crippen molar-refractivity contribution in [3.8, 4) is 0 Å². The minimum atomic E-state index is -5.27. The van der Waals surface area contributed by atoms with Crippen LogP contribution in [0.1, 0.15) is 11.4 Å². The van der Waals surface area contributed by atoms with Crippen molar-refractivity contribution in [1.82, 2.24) is 9.78 Å². The van der Waals surface area contributed by atoms with Crippen LogP contribution in [0, 0.1) is 29.8 Å². The predicted octanol–water partition coefficient (Wildman–Crippen LogP) is 2.49. The maximum Gasteiger partial charge on any atom is 0.332 e. The Morgan fingerprint density at radius 2 is 1.91 bits per heavy atom. The smallest absolute Gasteiger partial charge is 0.332 e. The zero-order valence-corrected chi connectivity index (χ0v) is 13.1. The topological polar surface area (TPSA) is 107 Å². The Labute approximate surface area is 130 Å². The minimum Gasteiger partial charge on any atom is -0.344 e. The van der Waals surface area contributed by atoms with Gasteiger partial charge in [0, 0.05) is 13.1 Å². The van der Waals surface area contributed by atoms with Crippen molar-refractivity contribution in [3.63, 3.8) is 0 Å². The Morgan fingerprint density at radius 1 is 1.30 bits per heavy atom. The van der Waals surface area contributed by atoms with E-state index in [1.54, 1.807) is 20.9 Å². The summed E-state index contributed by atoms with van der Waals surface area (Å²) in [6.45, 7) is 3.27. The molecule has 0 atom stereocenters. The molecule has 0 saturated carbocycles. The molecule has 0 spiro atoms. The van der Waals surface area contributed by atoms with Crippen LogP contribution in [0.4, 0.5) is 25.3 Å². The molecule has 0 radical (unpaired) electrons. The lowest BCUT2D eigenvalue weighted by atomic mass is 10.2. The fraction of sp³-hybridized carbons (Fsp3) is 0.250. The first-order valence-electron chi connectivity index (χ1n) is 6.22. The fourth-order valence-corrected chi connectivity index (χ4v) is 2.55. The highest BCUT2D eigenvalue weighted by Crippen LogP contribution is 2.35. The summed E-state index contributed by atoms with van der Waals surface area (Å²) in [6, 6.07) is 0.841. The van der Waals surface area contributed by atoms with Gasteiger partial charge in [-0.2, -0.15) is 13.5 Å².